The van der Waals surface area contributed by atoms with Crippen molar-refractivity contribution in [1.82, 2.24) is 4.90 Å². The molecule has 2 aliphatic rings. The van der Waals surface area contributed by atoms with Crippen LogP contribution in [0.3, 0.4) is 0 Å². The predicted molar refractivity (Wildman–Crippen MR) is 63.6 cm³/mol. The molecule has 0 aromatic rings. The highest BCUT2D eigenvalue weighted by Crippen LogP contribution is 2.47. The molecule has 1 unspecified atom stereocenters. The summed E-state index contributed by atoms with van der Waals surface area (Å²) in [5.41, 5.74) is -0.421. The van der Waals surface area contributed by atoms with Gasteiger partial charge in [0.25, 0.3) is 0 Å². The Kier molecular flexibility index (Phi) is 2.76. The lowest BCUT2D eigenvalue weighted by molar-refractivity contribution is 0.0272. The average molecular weight is 240 g/mol. The Hall–Kier alpha value is -0.930. The second kappa shape index (κ2) is 3.82. The van der Waals surface area contributed by atoms with Crippen LogP contribution in [0, 0.1) is 11.8 Å². The summed E-state index contributed by atoms with van der Waals surface area (Å²) in [5, 5.41) is 2.41. The Morgan fingerprint density at radius 3 is 2.44 bits per heavy atom. The van der Waals surface area contributed by atoms with Gasteiger partial charge < -0.3 is 9.64 Å². The number of aliphatic imine (C=N–C) groups is 1. The summed E-state index contributed by atoms with van der Waals surface area (Å²) in [4.78, 5) is 17.6. The van der Waals surface area contributed by atoms with Crippen molar-refractivity contribution in [2.24, 2.45) is 16.8 Å². The molecule has 88 valence electrons. The van der Waals surface area contributed by atoms with Gasteiger partial charge in [-0.15, -0.1) is 0 Å². The number of thiocarbonyl (C=S) groups is 1. The zero-order chi connectivity index (χ0) is 11.9. The molecule has 2 fully saturated rings. The summed E-state index contributed by atoms with van der Waals surface area (Å²) in [6, 6.07) is 0.302. The molecule has 2 rings (SSSR count). The van der Waals surface area contributed by atoms with Gasteiger partial charge in [-0.05, 0) is 33.0 Å². The molecule has 0 N–H and O–H groups in total. The van der Waals surface area contributed by atoms with Crippen LogP contribution in [0.15, 0.2) is 4.99 Å². The first kappa shape index (κ1) is 11.6. The van der Waals surface area contributed by atoms with Gasteiger partial charge in [0.1, 0.15) is 5.60 Å². The molecule has 1 aliphatic carbocycles. The van der Waals surface area contributed by atoms with Crippen LogP contribution in [0.25, 0.3) is 0 Å². The van der Waals surface area contributed by atoms with Crippen LogP contribution in [0.4, 0.5) is 4.79 Å². The summed E-state index contributed by atoms with van der Waals surface area (Å²) in [6.07, 6.45) is -0.218. The lowest BCUT2D eigenvalue weighted by Gasteiger charge is -2.25. The highest BCUT2D eigenvalue weighted by Gasteiger charge is 2.57. The molecule has 0 spiro atoms. The maximum absolute atomic E-state index is 11.7. The molecule has 1 saturated heterocycles. The van der Waals surface area contributed by atoms with Crippen molar-refractivity contribution >= 4 is 23.5 Å². The maximum Gasteiger partial charge on any atom is 0.410 e. The zero-order valence-electron chi connectivity index (χ0n) is 9.77. The van der Waals surface area contributed by atoms with Crippen LogP contribution in [-0.4, -0.2) is 40.9 Å². The molecule has 1 aliphatic heterocycles. The van der Waals surface area contributed by atoms with Crippen LogP contribution >= 0.6 is 12.2 Å². The van der Waals surface area contributed by atoms with E-state index in [-0.39, 0.29) is 6.09 Å². The van der Waals surface area contributed by atoms with Crippen molar-refractivity contribution in [3.63, 3.8) is 0 Å². The smallest absolute Gasteiger partial charge is 0.410 e. The molecule has 0 bridgehead atoms. The Labute approximate surface area is 101 Å². The third-order valence-corrected chi connectivity index (χ3v) is 3.11. The van der Waals surface area contributed by atoms with Crippen LogP contribution in [0.5, 0.6) is 0 Å². The van der Waals surface area contributed by atoms with E-state index in [9.17, 15) is 4.79 Å². The maximum atomic E-state index is 11.7. The standard InChI is InChI=1S/C11H16N2O2S/c1-11(2,3)15-10(14)13-4-7-8(5-13)9(7)12-6-16/h7-9H,4-5H2,1-3H3/t7-,8+,9?. The molecule has 4 nitrogen and oxygen atoms in total. The number of rotatable bonds is 1. The molecule has 0 radical (unpaired) electrons. The van der Waals surface area contributed by atoms with E-state index in [4.69, 9.17) is 4.74 Å². The van der Waals surface area contributed by atoms with Crippen LogP contribution in [0.2, 0.25) is 0 Å². The number of hydrogen-bond acceptors (Lipinski definition) is 4. The predicted octanol–water partition coefficient (Wildman–Crippen LogP) is 1.95. The van der Waals surface area contributed by atoms with Crippen molar-refractivity contribution < 1.29 is 9.53 Å². The number of hydrogen-bond donors (Lipinski definition) is 0. The lowest BCUT2D eigenvalue weighted by Crippen LogP contribution is -2.37. The van der Waals surface area contributed by atoms with Crippen LogP contribution in [0.1, 0.15) is 20.8 Å². The Morgan fingerprint density at radius 1 is 1.44 bits per heavy atom. The van der Waals surface area contributed by atoms with Crippen molar-refractivity contribution in [2.45, 2.75) is 32.4 Å². The number of piperidine rings is 1. The van der Waals surface area contributed by atoms with Gasteiger partial charge in [0.2, 0.25) is 0 Å². The number of carbonyl (C=O) groups excluding carboxylic acids is 1. The fourth-order valence-corrected chi connectivity index (χ4v) is 2.34. The van der Waals surface area contributed by atoms with E-state index in [0.717, 1.165) is 13.1 Å². The zero-order valence-corrected chi connectivity index (χ0v) is 10.6. The first-order valence-corrected chi connectivity index (χ1v) is 5.88. The van der Waals surface area contributed by atoms with Gasteiger partial charge in [-0.1, -0.05) is 0 Å². The first-order valence-electron chi connectivity index (χ1n) is 5.47. The van der Waals surface area contributed by atoms with Gasteiger partial charge in [-0.25, -0.2) is 9.79 Å². The summed E-state index contributed by atoms with van der Waals surface area (Å²) in [5.74, 6) is 0.950. The van der Waals surface area contributed by atoms with Crippen molar-refractivity contribution in [2.75, 3.05) is 13.1 Å². The van der Waals surface area contributed by atoms with Crippen molar-refractivity contribution in [3.8, 4) is 0 Å². The molecule has 1 saturated carbocycles. The molecule has 1 heterocycles. The number of carbonyl (C=O) groups is 1. The highest BCUT2D eigenvalue weighted by atomic mass is 32.1. The highest BCUT2D eigenvalue weighted by molar-refractivity contribution is 7.78. The van der Waals surface area contributed by atoms with Gasteiger partial charge >= 0.3 is 6.09 Å². The quantitative estimate of drug-likeness (QED) is 0.519. The number of nitrogens with zero attached hydrogens (tertiary/aromatic N) is 2. The molecule has 16 heavy (non-hydrogen) atoms. The van der Waals surface area contributed by atoms with Gasteiger partial charge in [-0.2, -0.15) is 0 Å². The monoisotopic (exact) mass is 240 g/mol. The second-order valence-electron chi connectivity index (χ2n) is 5.42. The Bertz CT molecular complexity index is 345. The minimum atomic E-state index is -0.421. The van der Waals surface area contributed by atoms with Crippen LogP contribution in [-0.2, 0) is 4.74 Å². The summed E-state index contributed by atoms with van der Waals surface area (Å²) < 4.78 is 5.31. The average Bonchev–Trinajstić information content (AvgIpc) is 2.60. The topological polar surface area (TPSA) is 41.9 Å². The van der Waals surface area contributed by atoms with E-state index in [0.29, 0.717) is 17.9 Å². The third-order valence-electron chi connectivity index (χ3n) is 3.00. The number of fused-ring (bicyclic) bond motifs is 1. The fraction of sp³-hybridized carbons (Fsp3) is 0.818. The normalized spacial score (nSPS) is 31.7. The van der Waals surface area contributed by atoms with E-state index < -0.39 is 5.60 Å². The largest absolute Gasteiger partial charge is 0.444 e. The number of ether oxygens (including phenoxy) is 1. The Morgan fingerprint density at radius 2 is 2.00 bits per heavy atom. The van der Waals surface area contributed by atoms with Gasteiger partial charge in [-0.3, -0.25) is 0 Å². The SMILES string of the molecule is CC(C)(C)OC(=O)N1C[C@@H]2C(N=C=S)[C@@H]2C1. The summed E-state index contributed by atoms with van der Waals surface area (Å²) in [7, 11) is 0. The van der Waals surface area contributed by atoms with Crippen molar-refractivity contribution in [3.05, 3.63) is 0 Å². The minimum absolute atomic E-state index is 0.218. The third kappa shape index (κ3) is 2.25. The van der Waals surface area contributed by atoms with E-state index in [1.807, 2.05) is 20.8 Å². The molecule has 3 atom stereocenters. The fourth-order valence-electron chi connectivity index (χ4n) is 2.22. The lowest BCUT2D eigenvalue weighted by atomic mass is 10.2. The van der Waals surface area contributed by atoms with E-state index in [2.05, 4.69) is 22.4 Å². The summed E-state index contributed by atoms with van der Waals surface area (Å²) >= 11 is 4.58. The molecule has 5 heteroatoms. The van der Waals surface area contributed by atoms with E-state index in [1.54, 1.807) is 4.90 Å². The van der Waals surface area contributed by atoms with Crippen molar-refractivity contribution in [1.29, 1.82) is 0 Å². The molecular formula is C11H16N2O2S. The second-order valence-corrected chi connectivity index (χ2v) is 5.61. The number of amides is 1. The van der Waals surface area contributed by atoms with Crippen LogP contribution < -0.4 is 0 Å². The van der Waals surface area contributed by atoms with E-state index >= 15 is 0 Å². The molecule has 0 aromatic carbocycles. The summed E-state index contributed by atoms with van der Waals surface area (Å²) in [6.45, 7) is 7.11. The molecular weight excluding hydrogens is 224 g/mol. The minimum Gasteiger partial charge on any atom is -0.444 e. The number of isothiocyanates is 1. The number of likely N-dealkylation sites (tertiary alicyclic amines) is 1. The molecule has 0 aromatic heterocycles. The van der Waals surface area contributed by atoms with Gasteiger partial charge in [0.05, 0.1) is 11.2 Å². The Balaban J connectivity index is 1.84. The van der Waals surface area contributed by atoms with Gasteiger partial charge in [0, 0.05) is 24.9 Å². The molecule has 1 amide bonds. The van der Waals surface area contributed by atoms with E-state index in [1.165, 1.54) is 0 Å². The first-order chi connectivity index (χ1) is 7.42. The van der Waals surface area contributed by atoms with Gasteiger partial charge in [0.15, 0.2) is 0 Å².